The molecular formula is C15H15NO4. The van der Waals surface area contributed by atoms with Crippen LogP contribution in [-0.4, -0.2) is 12.0 Å². The maximum Gasteiger partial charge on any atom is 0.311 e. The third-order valence-electron chi connectivity index (χ3n) is 2.93. The third kappa shape index (κ3) is 3.06. The number of nitro groups is 1. The number of para-hydroxylation sites is 1. The number of nitrogens with zero attached hydrogens (tertiary/aromatic N) is 1. The molecule has 5 nitrogen and oxygen atoms in total. The summed E-state index contributed by atoms with van der Waals surface area (Å²) in [5.41, 5.74) is 0.662. The summed E-state index contributed by atoms with van der Waals surface area (Å²) in [6.45, 7) is 1.85. The summed E-state index contributed by atoms with van der Waals surface area (Å²) in [7, 11) is 1.41. The van der Waals surface area contributed by atoms with E-state index in [1.165, 1.54) is 13.2 Å². The van der Waals surface area contributed by atoms with Crippen molar-refractivity contribution < 1.29 is 14.4 Å². The quantitative estimate of drug-likeness (QED) is 0.615. The van der Waals surface area contributed by atoms with Crippen molar-refractivity contribution in [2.75, 3.05) is 7.11 Å². The minimum Gasteiger partial charge on any atom is -0.490 e. The second-order valence-electron chi connectivity index (χ2n) is 4.26. The predicted molar refractivity (Wildman–Crippen MR) is 75.1 cm³/mol. The van der Waals surface area contributed by atoms with Gasteiger partial charge in [0.1, 0.15) is 11.9 Å². The summed E-state index contributed by atoms with van der Waals surface area (Å²) in [5, 5.41) is 11.0. The smallest absolute Gasteiger partial charge is 0.311 e. The first kappa shape index (κ1) is 13.9. The van der Waals surface area contributed by atoms with Crippen molar-refractivity contribution >= 4 is 5.69 Å². The molecule has 1 unspecified atom stereocenters. The molecule has 0 saturated heterocycles. The van der Waals surface area contributed by atoms with Crippen LogP contribution in [0.5, 0.6) is 11.5 Å². The molecule has 0 aromatic heterocycles. The van der Waals surface area contributed by atoms with Crippen LogP contribution in [0.3, 0.4) is 0 Å². The number of hydrogen-bond acceptors (Lipinski definition) is 4. The summed E-state index contributed by atoms with van der Waals surface area (Å²) < 4.78 is 10.7. The van der Waals surface area contributed by atoms with Crippen molar-refractivity contribution in [1.29, 1.82) is 0 Å². The SMILES string of the molecule is COc1ccc(C(C)Oc2ccccc2)cc1[N+](=O)[O-]. The van der Waals surface area contributed by atoms with Crippen LogP contribution in [0, 0.1) is 10.1 Å². The molecule has 0 saturated carbocycles. The zero-order chi connectivity index (χ0) is 14.5. The third-order valence-corrected chi connectivity index (χ3v) is 2.93. The monoisotopic (exact) mass is 273 g/mol. The molecule has 0 aliphatic rings. The molecule has 1 atom stereocenters. The summed E-state index contributed by atoms with van der Waals surface area (Å²) in [5.74, 6) is 0.962. The highest BCUT2D eigenvalue weighted by atomic mass is 16.6. The molecule has 2 rings (SSSR count). The summed E-state index contributed by atoms with van der Waals surface area (Å²) in [6, 6.07) is 14.2. The second-order valence-corrected chi connectivity index (χ2v) is 4.26. The lowest BCUT2D eigenvalue weighted by Gasteiger charge is -2.15. The zero-order valence-corrected chi connectivity index (χ0v) is 11.3. The molecular weight excluding hydrogens is 258 g/mol. The van der Waals surface area contributed by atoms with E-state index in [1.54, 1.807) is 12.1 Å². The van der Waals surface area contributed by atoms with Crippen molar-refractivity contribution in [1.82, 2.24) is 0 Å². The first-order chi connectivity index (χ1) is 9.61. The molecule has 0 N–H and O–H groups in total. The normalized spacial score (nSPS) is 11.7. The van der Waals surface area contributed by atoms with Crippen LogP contribution in [-0.2, 0) is 0 Å². The Bertz CT molecular complexity index is 598. The molecule has 0 bridgehead atoms. The number of nitro benzene ring substituents is 1. The van der Waals surface area contributed by atoms with E-state index in [2.05, 4.69) is 0 Å². The van der Waals surface area contributed by atoms with E-state index in [-0.39, 0.29) is 17.5 Å². The Hall–Kier alpha value is -2.56. The van der Waals surface area contributed by atoms with Gasteiger partial charge in [-0.05, 0) is 30.7 Å². The van der Waals surface area contributed by atoms with E-state index >= 15 is 0 Å². The van der Waals surface area contributed by atoms with E-state index < -0.39 is 4.92 Å². The van der Waals surface area contributed by atoms with Gasteiger partial charge in [-0.25, -0.2) is 0 Å². The fraction of sp³-hybridized carbons (Fsp3) is 0.200. The van der Waals surface area contributed by atoms with Crippen LogP contribution in [0.4, 0.5) is 5.69 Å². The van der Waals surface area contributed by atoms with Gasteiger partial charge in [0.15, 0.2) is 5.75 Å². The summed E-state index contributed by atoms with van der Waals surface area (Å²) >= 11 is 0. The van der Waals surface area contributed by atoms with Crippen LogP contribution < -0.4 is 9.47 Å². The molecule has 2 aromatic carbocycles. The van der Waals surface area contributed by atoms with Crippen molar-refractivity contribution in [2.45, 2.75) is 13.0 Å². The highest BCUT2D eigenvalue weighted by Crippen LogP contribution is 2.31. The van der Waals surface area contributed by atoms with Crippen molar-refractivity contribution in [3.8, 4) is 11.5 Å². The standard InChI is InChI=1S/C15H15NO4/c1-11(20-13-6-4-3-5-7-13)12-8-9-15(19-2)14(10-12)16(17)18/h3-11H,1-2H3. The lowest BCUT2D eigenvalue weighted by atomic mass is 10.1. The summed E-state index contributed by atoms with van der Waals surface area (Å²) in [6.07, 6.45) is -0.290. The van der Waals surface area contributed by atoms with E-state index in [1.807, 2.05) is 37.3 Å². The van der Waals surface area contributed by atoms with Crippen LogP contribution in [0.1, 0.15) is 18.6 Å². The first-order valence-corrected chi connectivity index (χ1v) is 6.16. The van der Waals surface area contributed by atoms with Crippen molar-refractivity contribution in [3.05, 3.63) is 64.2 Å². The molecule has 5 heteroatoms. The molecule has 0 heterocycles. The average molecular weight is 273 g/mol. The van der Waals surface area contributed by atoms with Gasteiger partial charge in [-0.15, -0.1) is 0 Å². The summed E-state index contributed by atoms with van der Waals surface area (Å²) in [4.78, 5) is 10.5. The Labute approximate surface area is 116 Å². The Morgan fingerprint density at radius 3 is 2.45 bits per heavy atom. The highest BCUT2D eigenvalue weighted by molar-refractivity contribution is 5.49. The fourth-order valence-electron chi connectivity index (χ4n) is 1.87. The zero-order valence-electron chi connectivity index (χ0n) is 11.3. The average Bonchev–Trinajstić information content (AvgIpc) is 2.47. The second kappa shape index (κ2) is 6.06. The van der Waals surface area contributed by atoms with Crippen LogP contribution >= 0.6 is 0 Å². The van der Waals surface area contributed by atoms with Gasteiger partial charge in [-0.3, -0.25) is 10.1 Å². The molecule has 0 aliphatic carbocycles. The van der Waals surface area contributed by atoms with Crippen molar-refractivity contribution in [2.24, 2.45) is 0 Å². The maximum atomic E-state index is 11.0. The minimum atomic E-state index is -0.461. The lowest BCUT2D eigenvalue weighted by molar-refractivity contribution is -0.385. The minimum absolute atomic E-state index is 0.0616. The fourth-order valence-corrected chi connectivity index (χ4v) is 1.87. The molecule has 0 amide bonds. The van der Waals surface area contributed by atoms with Gasteiger partial charge in [0, 0.05) is 6.07 Å². The van der Waals surface area contributed by atoms with Gasteiger partial charge in [0.2, 0.25) is 0 Å². The van der Waals surface area contributed by atoms with Gasteiger partial charge in [0.25, 0.3) is 0 Å². The van der Waals surface area contributed by atoms with E-state index in [4.69, 9.17) is 9.47 Å². The number of benzene rings is 2. The van der Waals surface area contributed by atoms with Gasteiger partial charge in [-0.1, -0.05) is 24.3 Å². The predicted octanol–water partition coefficient (Wildman–Crippen LogP) is 3.74. The highest BCUT2D eigenvalue weighted by Gasteiger charge is 2.18. The Balaban J connectivity index is 2.24. The van der Waals surface area contributed by atoms with Crippen LogP contribution in [0.15, 0.2) is 48.5 Å². The topological polar surface area (TPSA) is 61.6 Å². The van der Waals surface area contributed by atoms with E-state index in [0.29, 0.717) is 0 Å². The molecule has 0 aliphatic heterocycles. The largest absolute Gasteiger partial charge is 0.490 e. The van der Waals surface area contributed by atoms with Crippen LogP contribution in [0.25, 0.3) is 0 Å². The molecule has 2 aromatic rings. The van der Waals surface area contributed by atoms with Gasteiger partial charge >= 0.3 is 5.69 Å². The lowest BCUT2D eigenvalue weighted by Crippen LogP contribution is -2.04. The van der Waals surface area contributed by atoms with Crippen molar-refractivity contribution in [3.63, 3.8) is 0 Å². The van der Waals surface area contributed by atoms with Gasteiger partial charge < -0.3 is 9.47 Å². The van der Waals surface area contributed by atoms with E-state index in [9.17, 15) is 10.1 Å². The number of methoxy groups -OCH3 is 1. The molecule has 0 spiro atoms. The molecule has 0 fully saturated rings. The molecule has 20 heavy (non-hydrogen) atoms. The Morgan fingerprint density at radius 2 is 1.85 bits per heavy atom. The number of hydrogen-bond donors (Lipinski definition) is 0. The molecule has 104 valence electrons. The number of rotatable bonds is 5. The van der Waals surface area contributed by atoms with Crippen LogP contribution in [0.2, 0.25) is 0 Å². The maximum absolute atomic E-state index is 11.0. The Kier molecular flexibility index (Phi) is 4.20. The first-order valence-electron chi connectivity index (χ1n) is 6.16. The van der Waals surface area contributed by atoms with Gasteiger partial charge in [0.05, 0.1) is 12.0 Å². The molecule has 0 radical (unpaired) electrons. The van der Waals surface area contributed by atoms with Gasteiger partial charge in [-0.2, -0.15) is 0 Å². The Morgan fingerprint density at radius 1 is 1.15 bits per heavy atom. The van der Waals surface area contributed by atoms with E-state index in [0.717, 1.165) is 11.3 Å². The number of ether oxygens (including phenoxy) is 2.